The van der Waals surface area contributed by atoms with E-state index < -0.39 is 6.10 Å². The number of carbonyl (C=O) groups is 1. The van der Waals surface area contributed by atoms with E-state index in [9.17, 15) is 9.90 Å². The van der Waals surface area contributed by atoms with Crippen molar-refractivity contribution in [3.8, 4) is 5.75 Å². The highest BCUT2D eigenvalue weighted by molar-refractivity contribution is 5.79. The number of ether oxygens (including phenoxy) is 1. The van der Waals surface area contributed by atoms with Gasteiger partial charge in [0.15, 0.2) is 0 Å². The summed E-state index contributed by atoms with van der Waals surface area (Å²) in [7, 11) is 1.60. The second-order valence-electron chi connectivity index (χ2n) is 4.14. The van der Waals surface area contributed by atoms with Gasteiger partial charge in [-0.25, -0.2) is 0 Å². The van der Waals surface area contributed by atoms with Crippen LogP contribution < -0.4 is 4.74 Å². The third-order valence-electron chi connectivity index (χ3n) is 2.73. The molecule has 1 aromatic carbocycles. The number of benzene rings is 1. The zero-order valence-electron chi connectivity index (χ0n) is 10.5. The quantitative estimate of drug-likeness (QED) is 0.791. The van der Waals surface area contributed by atoms with Gasteiger partial charge < -0.3 is 9.84 Å². The highest BCUT2D eigenvalue weighted by Crippen LogP contribution is 2.21. The zero-order chi connectivity index (χ0) is 12.7. The molecule has 1 atom stereocenters. The predicted molar refractivity (Wildman–Crippen MR) is 67.1 cm³/mol. The van der Waals surface area contributed by atoms with E-state index in [2.05, 4.69) is 0 Å². The number of rotatable bonds is 7. The van der Waals surface area contributed by atoms with Crippen molar-refractivity contribution in [2.45, 2.75) is 38.7 Å². The highest BCUT2D eigenvalue weighted by Gasteiger charge is 2.12. The molecule has 1 unspecified atom stereocenters. The van der Waals surface area contributed by atoms with E-state index in [1.807, 2.05) is 6.92 Å². The van der Waals surface area contributed by atoms with E-state index in [1.165, 1.54) is 0 Å². The lowest BCUT2D eigenvalue weighted by Gasteiger charge is -2.10. The molecule has 0 aliphatic carbocycles. The molecule has 0 amide bonds. The molecule has 1 N–H and O–H groups in total. The molecular formula is C14H20O3. The molecule has 0 fully saturated rings. The van der Waals surface area contributed by atoms with Gasteiger partial charge in [-0.2, -0.15) is 0 Å². The summed E-state index contributed by atoms with van der Waals surface area (Å²) < 4.78 is 5.03. The lowest BCUT2D eigenvalue weighted by molar-refractivity contribution is -0.121. The van der Waals surface area contributed by atoms with E-state index >= 15 is 0 Å². The topological polar surface area (TPSA) is 46.5 Å². The minimum Gasteiger partial charge on any atom is -0.497 e. The van der Waals surface area contributed by atoms with Crippen LogP contribution in [0.4, 0.5) is 0 Å². The normalized spacial score (nSPS) is 12.2. The average Bonchev–Trinajstić information content (AvgIpc) is 2.36. The molecule has 0 aliphatic heterocycles. The SMILES string of the molecule is CCCCC(=O)CC(O)c1ccc(OC)cc1. The standard InChI is InChI=1S/C14H20O3/c1-3-4-5-12(15)10-14(16)11-6-8-13(17-2)9-7-11/h6-9,14,16H,3-5,10H2,1-2H3. The second kappa shape index (κ2) is 7.07. The Hall–Kier alpha value is -1.35. The molecule has 0 bridgehead atoms. The third kappa shape index (κ3) is 4.57. The molecule has 0 radical (unpaired) electrons. The number of unbranched alkanes of at least 4 members (excludes halogenated alkanes) is 1. The van der Waals surface area contributed by atoms with E-state index in [0.29, 0.717) is 6.42 Å². The van der Waals surface area contributed by atoms with Crippen LogP contribution >= 0.6 is 0 Å². The molecular weight excluding hydrogens is 216 g/mol. The molecule has 0 saturated heterocycles. The Labute approximate surface area is 102 Å². The number of ketones is 1. The lowest BCUT2D eigenvalue weighted by atomic mass is 10.0. The fraction of sp³-hybridized carbons (Fsp3) is 0.500. The van der Waals surface area contributed by atoms with Crippen molar-refractivity contribution in [2.24, 2.45) is 0 Å². The summed E-state index contributed by atoms with van der Waals surface area (Å²) in [5, 5.41) is 9.89. The number of aliphatic hydroxyl groups excluding tert-OH is 1. The minimum atomic E-state index is -0.703. The summed E-state index contributed by atoms with van der Waals surface area (Å²) >= 11 is 0. The van der Waals surface area contributed by atoms with Gasteiger partial charge in [0.05, 0.1) is 13.2 Å². The third-order valence-corrected chi connectivity index (χ3v) is 2.73. The van der Waals surface area contributed by atoms with Crippen LogP contribution in [0.25, 0.3) is 0 Å². The fourth-order valence-corrected chi connectivity index (χ4v) is 1.64. The highest BCUT2D eigenvalue weighted by atomic mass is 16.5. The second-order valence-corrected chi connectivity index (χ2v) is 4.14. The maximum Gasteiger partial charge on any atom is 0.135 e. The molecule has 0 aliphatic rings. The number of carbonyl (C=O) groups excluding carboxylic acids is 1. The Kier molecular flexibility index (Phi) is 5.70. The molecule has 0 saturated carbocycles. The van der Waals surface area contributed by atoms with Crippen molar-refractivity contribution in [3.05, 3.63) is 29.8 Å². The minimum absolute atomic E-state index is 0.121. The van der Waals surface area contributed by atoms with Crippen molar-refractivity contribution in [1.29, 1.82) is 0 Å². The fourth-order valence-electron chi connectivity index (χ4n) is 1.64. The van der Waals surface area contributed by atoms with Crippen LogP contribution in [0.3, 0.4) is 0 Å². The molecule has 0 spiro atoms. The Balaban J connectivity index is 2.51. The first-order chi connectivity index (χ1) is 8.17. The van der Waals surface area contributed by atoms with E-state index in [-0.39, 0.29) is 12.2 Å². The Morgan fingerprint density at radius 2 is 2.00 bits per heavy atom. The number of hydrogen-bond donors (Lipinski definition) is 1. The van der Waals surface area contributed by atoms with Crippen molar-refractivity contribution in [3.63, 3.8) is 0 Å². The summed E-state index contributed by atoms with van der Waals surface area (Å²) in [6.07, 6.45) is 1.96. The Morgan fingerprint density at radius 3 is 2.53 bits per heavy atom. The van der Waals surface area contributed by atoms with Gasteiger partial charge in [0.25, 0.3) is 0 Å². The monoisotopic (exact) mass is 236 g/mol. The van der Waals surface area contributed by atoms with Gasteiger partial charge in [-0.15, -0.1) is 0 Å². The largest absolute Gasteiger partial charge is 0.497 e. The maximum atomic E-state index is 11.5. The first-order valence-corrected chi connectivity index (χ1v) is 6.01. The van der Waals surface area contributed by atoms with Crippen molar-refractivity contribution < 1.29 is 14.6 Å². The van der Waals surface area contributed by atoms with Gasteiger partial charge in [0.1, 0.15) is 11.5 Å². The molecule has 0 aromatic heterocycles. The van der Waals surface area contributed by atoms with Crippen LogP contribution in [0.1, 0.15) is 44.3 Å². The smallest absolute Gasteiger partial charge is 0.135 e. The van der Waals surface area contributed by atoms with Crippen LogP contribution in [-0.2, 0) is 4.79 Å². The van der Waals surface area contributed by atoms with Crippen molar-refractivity contribution in [1.82, 2.24) is 0 Å². The molecule has 94 valence electrons. The van der Waals surface area contributed by atoms with E-state index in [1.54, 1.807) is 31.4 Å². The number of Topliss-reactive ketones (excluding diaryl/α,β-unsaturated/α-hetero) is 1. The van der Waals surface area contributed by atoms with Crippen LogP contribution in [0.2, 0.25) is 0 Å². The first kappa shape index (κ1) is 13.7. The number of methoxy groups -OCH3 is 1. The molecule has 17 heavy (non-hydrogen) atoms. The molecule has 3 heteroatoms. The number of hydrogen-bond acceptors (Lipinski definition) is 3. The van der Waals surface area contributed by atoms with Crippen molar-refractivity contribution in [2.75, 3.05) is 7.11 Å². The zero-order valence-corrected chi connectivity index (χ0v) is 10.5. The van der Waals surface area contributed by atoms with Gasteiger partial charge in [0.2, 0.25) is 0 Å². The van der Waals surface area contributed by atoms with Gasteiger partial charge in [-0.3, -0.25) is 4.79 Å². The molecule has 0 heterocycles. The van der Waals surface area contributed by atoms with Gasteiger partial charge in [-0.1, -0.05) is 25.5 Å². The van der Waals surface area contributed by atoms with E-state index in [4.69, 9.17) is 4.74 Å². The summed E-state index contributed by atoms with van der Waals surface area (Å²) in [6.45, 7) is 2.05. The van der Waals surface area contributed by atoms with Crippen LogP contribution in [0.15, 0.2) is 24.3 Å². The van der Waals surface area contributed by atoms with Crippen LogP contribution in [0.5, 0.6) is 5.75 Å². The predicted octanol–water partition coefficient (Wildman–Crippen LogP) is 2.88. The Morgan fingerprint density at radius 1 is 1.35 bits per heavy atom. The molecule has 3 nitrogen and oxygen atoms in total. The average molecular weight is 236 g/mol. The van der Waals surface area contributed by atoms with Crippen LogP contribution in [0, 0.1) is 0 Å². The summed E-state index contributed by atoms with van der Waals surface area (Å²) in [5.41, 5.74) is 0.760. The maximum absolute atomic E-state index is 11.5. The van der Waals surface area contributed by atoms with Crippen LogP contribution in [-0.4, -0.2) is 18.0 Å². The first-order valence-electron chi connectivity index (χ1n) is 6.01. The van der Waals surface area contributed by atoms with E-state index in [0.717, 1.165) is 24.2 Å². The summed E-state index contributed by atoms with van der Waals surface area (Å²) in [5.74, 6) is 0.869. The number of aliphatic hydroxyl groups is 1. The molecule has 1 rings (SSSR count). The lowest BCUT2D eigenvalue weighted by Crippen LogP contribution is -2.06. The van der Waals surface area contributed by atoms with Gasteiger partial charge in [0, 0.05) is 12.8 Å². The van der Waals surface area contributed by atoms with Gasteiger partial charge in [-0.05, 0) is 24.1 Å². The summed E-state index contributed by atoms with van der Waals surface area (Å²) in [6, 6.07) is 7.15. The van der Waals surface area contributed by atoms with Gasteiger partial charge >= 0.3 is 0 Å². The Bertz CT molecular complexity index is 343. The molecule has 1 aromatic rings. The van der Waals surface area contributed by atoms with Crippen molar-refractivity contribution >= 4 is 5.78 Å². The summed E-state index contributed by atoms with van der Waals surface area (Å²) in [4.78, 5) is 11.5.